The third kappa shape index (κ3) is 1.50. The van der Waals surface area contributed by atoms with E-state index < -0.39 is 11.0 Å². The Bertz CT molecular complexity index is 690. The topological polar surface area (TPSA) is 52.6 Å². The van der Waals surface area contributed by atoms with Gasteiger partial charge in [0.25, 0.3) is 0 Å². The van der Waals surface area contributed by atoms with Crippen molar-refractivity contribution < 1.29 is 19.1 Å². The molecule has 130 valence electrons. The van der Waals surface area contributed by atoms with E-state index in [0.29, 0.717) is 5.57 Å². The molecule has 4 heteroatoms. The summed E-state index contributed by atoms with van der Waals surface area (Å²) in [5, 5.41) is 0. The highest BCUT2D eigenvalue weighted by molar-refractivity contribution is 5.93. The van der Waals surface area contributed by atoms with Crippen LogP contribution in [0.15, 0.2) is 24.3 Å². The van der Waals surface area contributed by atoms with Gasteiger partial charge in [0.2, 0.25) is 0 Å². The minimum Gasteiger partial charge on any atom is -0.455 e. The van der Waals surface area contributed by atoms with Gasteiger partial charge in [-0.2, -0.15) is 0 Å². The second-order valence-electron chi connectivity index (χ2n) is 8.88. The summed E-state index contributed by atoms with van der Waals surface area (Å²) in [7, 11) is 0. The second-order valence-corrected chi connectivity index (χ2v) is 8.88. The van der Waals surface area contributed by atoms with Gasteiger partial charge in [0, 0.05) is 17.3 Å². The zero-order valence-corrected chi connectivity index (χ0v) is 15.1. The molecule has 0 unspecified atom stereocenters. The number of carbonyl (C=O) groups is 2. The summed E-state index contributed by atoms with van der Waals surface area (Å²) in [5.41, 5.74) is -0.622. The lowest BCUT2D eigenvalue weighted by molar-refractivity contribution is -0.148. The number of hydrogen-bond donors (Lipinski definition) is 0. The van der Waals surface area contributed by atoms with Crippen LogP contribution in [0.25, 0.3) is 0 Å². The quantitative estimate of drug-likeness (QED) is 0.421. The van der Waals surface area contributed by atoms with Crippen LogP contribution >= 0.6 is 0 Å². The first-order valence-electron chi connectivity index (χ1n) is 8.84. The van der Waals surface area contributed by atoms with E-state index in [9.17, 15) is 9.59 Å². The minimum absolute atomic E-state index is 0.00937. The summed E-state index contributed by atoms with van der Waals surface area (Å²) in [4.78, 5) is 25.4. The van der Waals surface area contributed by atoms with Gasteiger partial charge in [0.05, 0.1) is 11.2 Å². The molecule has 0 aromatic rings. The molecule has 0 aromatic carbocycles. The first-order chi connectivity index (χ1) is 11.1. The highest BCUT2D eigenvalue weighted by atomic mass is 16.6. The first-order valence-corrected chi connectivity index (χ1v) is 8.84. The second kappa shape index (κ2) is 4.40. The smallest absolute Gasteiger partial charge is 0.336 e. The van der Waals surface area contributed by atoms with Gasteiger partial charge in [-0.3, -0.25) is 4.79 Å². The molecule has 0 aromatic heterocycles. The fourth-order valence-corrected chi connectivity index (χ4v) is 6.64. The number of allylic oxidation sites excluding steroid dienone is 2. The van der Waals surface area contributed by atoms with Crippen LogP contribution in [0.4, 0.5) is 0 Å². The summed E-state index contributed by atoms with van der Waals surface area (Å²) in [6, 6.07) is 0. The van der Waals surface area contributed by atoms with E-state index >= 15 is 0 Å². The van der Waals surface area contributed by atoms with Crippen LogP contribution in [0.3, 0.4) is 0 Å². The number of ketones is 1. The third-order valence-corrected chi connectivity index (χ3v) is 7.44. The zero-order chi connectivity index (χ0) is 17.7. The summed E-state index contributed by atoms with van der Waals surface area (Å²) in [5.74, 6) is -0.129. The summed E-state index contributed by atoms with van der Waals surface area (Å²) < 4.78 is 12.2. The predicted molar refractivity (Wildman–Crippen MR) is 89.1 cm³/mol. The maximum atomic E-state index is 13.2. The van der Waals surface area contributed by atoms with E-state index in [4.69, 9.17) is 9.47 Å². The normalized spacial score (nSPS) is 53.0. The molecule has 2 saturated carbocycles. The molecular formula is C20H26O4. The molecule has 2 saturated heterocycles. The molecule has 7 atom stereocenters. The van der Waals surface area contributed by atoms with E-state index in [1.807, 2.05) is 33.8 Å². The maximum absolute atomic E-state index is 13.2. The van der Waals surface area contributed by atoms with Gasteiger partial charge in [-0.15, -0.1) is 6.58 Å². The first kappa shape index (κ1) is 16.1. The summed E-state index contributed by atoms with van der Waals surface area (Å²) in [6.07, 6.45) is 3.85. The van der Waals surface area contributed by atoms with Crippen LogP contribution in [0.5, 0.6) is 0 Å². The van der Waals surface area contributed by atoms with Gasteiger partial charge in [0.15, 0.2) is 0 Å². The van der Waals surface area contributed by atoms with Crippen molar-refractivity contribution in [2.45, 2.75) is 58.8 Å². The van der Waals surface area contributed by atoms with Crippen molar-refractivity contribution in [3.05, 3.63) is 24.3 Å². The van der Waals surface area contributed by atoms with Gasteiger partial charge in [-0.25, -0.2) is 4.79 Å². The van der Waals surface area contributed by atoms with E-state index in [1.54, 1.807) is 6.08 Å². The number of rotatable bonds is 1. The van der Waals surface area contributed by atoms with Crippen LogP contribution < -0.4 is 0 Å². The van der Waals surface area contributed by atoms with Crippen LogP contribution in [0.2, 0.25) is 0 Å². The molecule has 2 aliphatic carbocycles. The molecular weight excluding hydrogens is 304 g/mol. The van der Waals surface area contributed by atoms with Gasteiger partial charge in [-0.05, 0) is 31.6 Å². The number of carbonyl (C=O) groups excluding carboxylic acids is 2. The van der Waals surface area contributed by atoms with Crippen molar-refractivity contribution >= 4 is 11.8 Å². The van der Waals surface area contributed by atoms with E-state index in [1.165, 1.54) is 0 Å². The molecule has 0 radical (unpaired) electrons. The maximum Gasteiger partial charge on any atom is 0.336 e. The average molecular weight is 330 g/mol. The van der Waals surface area contributed by atoms with Crippen molar-refractivity contribution in [1.29, 1.82) is 0 Å². The van der Waals surface area contributed by atoms with Crippen molar-refractivity contribution in [3.63, 3.8) is 0 Å². The monoisotopic (exact) mass is 330 g/mol. The standard InChI is InChI=1S/C20H26O4/c1-7-10-13-14(23-17(10)22)15-19(5)9-11(20(15,6)24-13)16(21)18(3,4)12(19)8-2/h7-8,11-15H,2,9H2,1,3-6H3/b10-7+/t11-,12+,13+,14-,15-,19+,20+/m1/s1. The predicted octanol–water partition coefficient (Wildman–Crippen LogP) is 3.07. The molecule has 4 rings (SSSR count). The SMILES string of the molecule is C=C[C@H]1C(C)(C)C(=O)[C@H]2C[C@]1(C)[C@H]1[C@@H]3OC(=O)/C(=C/C)[C@@H]3O[C@@]21C. The van der Waals surface area contributed by atoms with Crippen LogP contribution in [-0.2, 0) is 19.1 Å². The molecule has 4 fully saturated rings. The lowest BCUT2D eigenvalue weighted by Crippen LogP contribution is -2.50. The Morgan fingerprint density at radius 1 is 1.21 bits per heavy atom. The molecule has 24 heavy (non-hydrogen) atoms. The van der Waals surface area contributed by atoms with Crippen LogP contribution in [0, 0.1) is 28.6 Å². The highest BCUT2D eigenvalue weighted by Crippen LogP contribution is 2.71. The molecule has 0 N–H and O–H groups in total. The van der Waals surface area contributed by atoms with Gasteiger partial charge >= 0.3 is 5.97 Å². The Kier molecular flexibility index (Phi) is 2.95. The van der Waals surface area contributed by atoms with Crippen molar-refractivity contribution in [2.75, 3.05) is 0 Å². The number of fused-ring (bicyclic) bond motifs is 7. The molecule has 2 aliphatic heterocycles. The Morgan fingerprint density at radius 3 is 2.46 bits per heavy atom. The minimum atomic E-state index is -0.578. The summed E-state index contributed by atoms with van der Waals surface area (Å²) >= 11 is 0. The van der Waals surface area contributed by atoms with Gasteiger partial charge < -0.3 is 9.47 Å². The van der Waals surface area contributed by atoms with Crippen LogP contribution in [0.1, 0.15) is 41.0 Å². The van der Waals surface area contributed by atoms with Crippen LogP contribution in [-0.4, -0.2) is 29.6 Å². The fourth-order valence-electron chi connectivity index (χ4n) is 6.64. The van der Waals surface area contributed by atoms with E-state index in [0.717, 1.165) is 6.42 Å². The fraction of sp³-hybridized carbons (Fsp3) is 0.700. The van der Waals surface area contributed by atoms with Gasteiger partial charge in [0.1, 0.15) is 18.0 Å². The molecule has 0 spiro atoms. The number of ether oxygens (including phenoxy) is 2. The molecule has 2 bridgehead atoms. The lowest BCUT2D eigenvalue weighted by Gasteiger charge is -2.48. The molecule has 4 aliphatic rings. The number of hydrogen-bond acceptors (Lipinski definition) is 4. The Morgan fingerprint density at radius 2 is 1.88 bits per heavy atom. The third-order valence-electron chi connectivity index (χ3n) is 7.44. The lowest BCUT2D eigenvalue weighted by atomic mass is 9.54. The van der Waals surface area contributed by atoms with E-state index in [2.05, 4.69) is 13.5 Å². The average Bonchev–Trinajstić information content (AvgIpc) is 3.00. The summed E-state index contributed by atoms with van der Waals surface area (Å²) in [6.45, 7) is 14.2. The zero-order valence-electron chi connectivity index (χ0n) is 15.1. The molecule has 2 heterocycles. The van der Waals surface area contributed by atoms with Crippen molar-refractivity contribution in [1.82, 2.24) is 0 Å². The highest BCUT2D eigenvalue weighted by Gasteiger charge is 2.77. The Labute approximate surface area is 143 Å². The largest absolute Gasteiger partial charge is 0.455 e. The number of Topliss-reactive ketones (excluding diaryl/α,β-unsaturated/α-hetero) is 1. The Hall–Kier alpha value is -1.42. The van der Waals surface area contributed by atoms with Crippen molar-refractivity contribution in [2.24, 2.45) is 28.6 Å². The molecule has 4 nitrogen and oxygen atoms in total. The Balaban J connectivity index is 1.89. The van der Waals surface area contributed by atoms with Gasteiger partial charge in [-0.1, -0.05) is 32.9 Å². The molecule has 0 amide bonds. The van der Waals surface area contributed by atoms with E-state index in [-0.39, 0.29) is 47.1 Å². The number of esters is 1. The van der Waals surface area contributed by atoms with Crippen molar-refractivity contribution in [3.8, 4) is 0 Å².